The number of Topliss-reactive ketones (excluding diaryl/α,β-unsaturated/α-hetero) is 1. The summed E-state index contributed by atoms with van der Waals surface area (Å²) >= 11 is 8.11. The number of fused-ring (bicyclic) bond motifs is 1. The number of halogens is 2. The minimum Gasteiger partial charge on any atom is -0.375 e. The van der Waals surface area contributed by atoms with Crippen LogP contribution in [0, 0.1) is 3.57 Å². The Balaban J connectivity index is 1.66. The molecule has 0 spiro atoms. The number of ketones is 1. The first-order chi connectivity index (χ1) is 13.9. The van der Waals surface area contributed by atoms with E-state index in [9.17, 15) is 14.7 Å². The van der Waals surface area contributed by atoms with E-state index in [1.165, 1.54) is 4.90 Å². The Hall–Kier alpha value is -2.22. The molecule has 0 saturated heterocycles. The maximum Gasteiger partial charge on any atom is 0.264 e. The van der Waals surface area contributed by atoms with Crippen LogP contribution >= 0.6 is 34.2 Å². The average molecular weight is 518 g/mol. The van der Waals surface area contributed by atoms with E-state index >= 15 is 0 Å². The molecule has 0 fully saturated rings. The van der Waals surface area contributed by atoms with Crippen molar-refractivity contribution in [2.45, 2.75) is 18.6 Å². The molecule has 0 aromatic heterocycles. The number of rotatable bonds is 5. The van der Waals surface area contributed by atoms with Crippen molar-refractivity contribution in [3.05, 3.63) is 98.1 Å². The summed E-state index contributed by atoms with van der Waals surface area (Å²) in [5.41, 5.74) is 0.539. The molecular weight excluding hydrogens is 501 g/mol. The third-order valence-corrected chi connectivity index (χ3v) is 6.05. The normalized spacial score (nSPS) is 18.0. The van der Waals surface area contributed by atoms with Crippen molar-refractivity contribution in [3.8, 4) is 0 Å². The highest BCUT2D eigenvalue weighted by Gasteiger charge is 2.50. The van der Waals surface area contributed by atoms with Crippen molar-refractivity contribution in [3.63, 3.8) is 0 Å². The Morgan fingerprint density at radius 2 is 1.66 bits per heavy atom. The van der Waals surface area contributed by atoms with E-state index in [1.54, 1.807) is 42.5 Å². The molecule has 0 radical (unpaired) electrons. The zero-order chi connectivity index (χ0) is 20.6. The zero-order valence-electron chi connectivity index (χ0n) is 15.3. The lowest BCUT2D eigenvalue weighted by molar-refractivity contribution is -0.136. The maximum atomic E-state index is 13.3. The highest BCUT2D eigenvalue weighted by molar-refractivity contribution is 14.1. The van der Waals surface area contributed by atoms with Crippen molar-refractivity contribution < 1.29 is 14.7 Å². The summed E-state index contributed by atoms with van der Waals surface area (Å²) < 4.78 is 1.01. The minimum absolute atomic E-state index is 0.277. The van der Waals surface area contributed by atoms with Crippen LogP contribution in [0.4, 0.5) is 5.69 Å². The van der Waals surface area contributed by atoms with Crippen LogP contribution < -0.4 is 4.90 Å². The van der Waals surface area contributed by atoms with Gasteiger partial charge in [-0.25, -0.2) is 0 Å². The fourth-order valence-corrected chi connectivity index (χ4v) is 4.06. The molecular formula is C23H17ClINO3. The maximum absolute atomic E-state index is 13.3. The van der Waals surface area contributed by atoms with E-state index in [2.05, 4.69) is 22.6 Å². The molecule has 1 aliphatic heterocycles. The molecule has 1 amide bonds. The largest absolute Gasteiger partial charge is 0.375 e. The van der Waals surface area contributed by atoms with E-state index in [0.717, 1.165) is 9.13 Å². The summed E-state index contributed by atoms with van der Waals surface area (Å²) in [6.07, 6.45) is -0.305. The van der Waals surface area contributed by atoms with Gasteiger partial charge in [-0.05, 0) is 58.5 Å². The lowest BCUT2D eigenvalue weighted by atomic mass is 9.88. The van der Waals surface area contributed by atoms with Crippen LogP contribution in [0.15, 0.2) is 72.8 Å². The SMILES string of the molecule is O=C(C[C@]1(O)C(=O)N(Cc2ccc(Cl)cc2)c2ccccc21)c1ccc(I)cc1. The van der Waals surface area contributed by atoms with Crippen molar-refractivity contribution in [1.29, 1.82) is 0 Å². The Morgan fingerprint density at radius 3 is 2.34 bits per heavy atom. The van der Waals surface area contributed by atoms with Crippen LogP contribution in [-0.2, 0) is 16.9 Å². The summed E-state index contributed by atoms with van der Waals surface area (Å²) in [5.74, 6) is -0.770. The van der Waals surface area contributed by atoms with Gasteiger partial charge in [0.15, 0.2) is 11.4 Å². The van der Waals surface area contributed by atoms with Gasteiger partial charge in [-0.3, -0.25) is 9.59 Å². The summed E-state index contributed by atoms with van der Waals surface area (Å²) in [6.45, 7) is 0.285. The number of nitrogens with zero attached hydrogens (tertiary/aromatic N) is 1. The molecule has 1 N–H and O–H groups in total. The first kappa shape index (κ1) is 20.1. The standard InChI is InChI=1S/C23H17ClINO3/c24-17-9-5-15(6-10-17)14-26-20-4-2-1-3-19(20)23(29,22(26)28)13-21(27)16-7-11-18(25)12-8-16/h1-12,29H,13-14H2/t23-/m1/s1. The Kier molecular flexibility index (Phi) is 5.46. The Morgan fingerprint density at radius 1 is 1.00 bits per heavy atom. The highest BCUT2D eigenvalue weighted by Crippen LogP contribution is 2.43. The molecule has 6 heteroatoms. The van der Waals surface area contributed by atoms with Crippen molar-refractivity contribution >= 4 is 51.6 Å². The molecule has 3 aromatic rings. The van der Waals surface area contributed by atoms with Gasteiger partial charge in [0.25, 0.3) is 5.91 Å². The van der Waals surface area contributed by atoms with Gasteiger partial charge in [-0.1, -0.05) is 54.1 Å². The second-order valence-corrected chi connectivity index (χ2v) is 8.68. The van der Waals surface area contributed by atoms with Gasteiger partial charge < -0.3 is 10.0 Å². The molecule has 1 heterocycles. The molecule has 3 aromatic carbocycles. The summed E-state index contributed by atoms with van der Waals surface area (Å²) in [4.78, 5) is 27.6. The average Bonchev–Trinajstić information content (AvgIpc) is 2.92. The van der Waals surface area contributed by atoms with Crippen LogP contribution in [0.1, 0.15) is 27.9 Å². The van der Waals surface area contributed by atoms with Gasteiger partial charge in [0.05, 0.1) is 18.7 Å². The third kappa shape index (κ3) is 3.82. The number of hydrogen-bond acceptors (Lipinski definition) is 3. The summed E-state index contributed by atoms with van der Waals surface area (Å²) in [6, 6.07) is 21.3. The van der Waals surface area contributed by atoms with Crippen LogP contribution in [0.5, 0.6) is 0 Å². The van der Waals surface area contributed by atoms with Gasteiger partial charge >= 0.3 is 0 Å². The second-order valence-electron chi connectivity index (χ2n) is 7.00. The molecule has 4 rings (SSSR count). The first-order valence-corrected chi connectivity index (χ1v) is 10.5. The molecule has 0 saturated carbocycles. The quantitative estimate of drug-likeness (QED) is 0.385. The van der Waals surface area contributed by atoms with Gasteiger partial charge in [0, 0.05) is 19.7 Å². The molecule has 1 aliphatic rings. The lowest BCUT2D eigenvalue weighted by Crippen LogP contribution is -2.41. The predicted molar refractivity (Wildman–Crippen MR) is 121 cm³/mol. The number of carbonyl (C=O) groups is 2. The molecule has 0 unspecified atom stereocenters. The molecule has 4 nitrogen and oxygen atoms in total. The third-order valence-electron chi connectivity index (χ3n) is 5.08. The zero-order valence-corrected chi connectivity index (χ0v) is 18.2. The number of amides is 1. The number of carbonyl (C=O) groups excluding carboxylic acids is 2. The van der Waals surface area contributed by atoms with Gasteiger partial charge in [-0.2, -0.15) is 0 Å². The summed E-state index contributed by atoms with van der Waals surface area (Å²) in [5, 5.41) is 12.0. The van der Waals surface area contributed by atoms with E-state index in [-0.39, 0.29) is 18.7 Å². The number of anilines is 1. The van der Waals surface area contributed by atoms with Crippen LogP contribution in [0.3, 0.4) is 0 Å². The van der Waals surface area contributed by atoms with Crippen molar-refractivity contribution in [2.75, 3.05) is 4.90 Å². The van der Waals surface area contributed by atoms with Crippen LogP contribution in [0.25, 0.3) is 0 Å². The summed E-state index contributed by atoms with van der Waals surface area (Å²) in [7, 11) is 0. The van der Waals surface area contributed by atoms with Gasteiger partial charge in [0.2, 0.25) is 0 Å². The lowest BCUT2D eigenvalue weighted by Gasteiger charge is -2.23. The van der Waals surface area contributed by atoms with Crippen molar-refractivity contribution in [2.24, 2.45) is 0 Å². The molecule has 146 valence electrons. The minimum atomic E-state index is -1.89. The van der Waals surface area contributed by atoms with Crippen molar-refractivity contribution in [1.82, 2.24) is 0 Å². The Labute approximate surface area is 187 Å². The monoisotopic (exact) mass is 517 g/mol. The fourth-order valence-electron chi connectivity index (χ4n) is 3.58. The fraction of sp³-hybridized carbons (Fsp3) is 0.130. The van der Waals surface area contributed by atoms with Gasteiger partial charge in [-0.15, -0.1) is 0 Å². The Bertz CT molecular complexity index is 1080. The van der Waals surface area contributed by atoms with E-state index in [4.69, 9.17) is 11.6 Å². The molecule has 29 heavy (non-hydrogen) atoms. The number of hydrogen-bond donors (Lipinski definition) is 1. The van der Waals surface area contributed by atoms with Gasteiger partial charge in [0.1, 0.15) is 0 Å². The second kappa shape index (κ2) is 7.89. The first-order valence-electron chi connectivity index (χ1n) is 9.05. The van der Waals surface area contributed by atoms with Crippen LogP contribution in [0.2, 0.25) is 5.02 Å². The predicted octanol–water partition coefficient (Wildman–Crippen LogP) is 4.95. The number of aliphatic hydroxyl groups is 1. The van der Waals surface area contributed by atoms with E-state index in [0.29, 0.717) is 21.8 Å². The van der Waals surface area contributed by atoms with E-state index in [1.807, 2.05) is 30.3 Å². The van der Waals surface area contributed by atoms with Crippen LogP contribution in [-0.4, -0.2) is 16.8 Å². The molecule has 0 bridgehead atoms. The smallest absolute Gasteiger partial charge is 0.264 e. The van der Waals surface area contributed by atoms with E-state index < -0.39 is 11.5 Å². The molecule has 0 aliphatic carbocycles. The number of benzene rings is 3. The number of para-hydroxylation sites is 1. The highest BCUT2D eigenvalue weighted by atomic mass is 127. The molecule has 1 atom stereocenters. The topological polar surface area (TPSA) is 57.6 Å².